The third-order valence-electron chi connectivity index (χ3n) is 3.99. The summed E-state index contributed by atoms with van der Waals surface area (Å²) in [6, 6.07) is 8.31. The Hall–Kier alpha value is -0.960. The van der Waals surface area contributed by atoms with Crippen molar-refractivity contribution < 1.29 is 0 Å². The molecule has 0 unspecified atom stereocenters. The van der Waals surface area contributed by atoms with Crippen LogP contribution in [0.3, 0.4) is 0 Å². The van der Waals surface area contributed by atoms with Crippen LogP contribution in [0.1, 0.15) is 25.1 Å². The molecule has 2 aromatic rings. The average molecular weight is 475 g/mol. The maximum absolute atomic E-state index is 4.61. The number of thioether (sulfide) groups is 1. The predicted octanol–water partition coefficient (Wildman–Crippen LogP) is 3.66. The number of fused-ring (bicyclic) bond motifs is 1. The molecular formula is C18H30IN5S. The van der Waals surface area contributed by atoms with Crippen molar-refractivity contribution in [3.05, 3.63) is 30.1 Å². The molecule has 0 fully saturated rings. The van der Waals surface area contributed by atoms with Crippen LogP contribution < -0.4 is 10.6 Å². The second kappa shape index (κ2) is 12.4. The molecule has 1 aromatic carbocycles. The van der Waals surface area contributed by atoms with E-state index in [1.54, 1.807) is 0 Å². The average Bonchev–Trinajstić information content (AvgIpc) is 2.92. The molecule has 0 saturated heterocycles. The van der Waals surface area contributed by atoms with Crippen LogP contribution in [0.25, 0.3) is 11.0 Å². The van der Waals surface area contributed by atoms with E-state index >= 15 is 0 Å². The zero-order valence-electron chi connectivity index (χ0n) is 15.4. The normalized spacial score (nSPS) is 11.4. The molecule has 0 spiro atoms. The van der Waals surface area contributed by atoms with Gasteiger partial charge in [0.25, 0.3) is 0 Å². The standard InChI is InChI=1S/C18H29N5S.HI/c1-15-22-16-9-4-5-10-17(16)23(15)13-8-12-21-18(19-2)20-11-6-7-14-24-3;/h4-5,9-10H,6-8,11-14H2,1-3H3,(H2,19,20,21);1H. The van der Waals surface area contributed by atoms with E-state index in [4.69, 9.17) is 0 Å². The van der Waals surface area contributed by atoms with Crippen LogP contribution in [-0.2, 0) is 6.54 Å². The van der Waals surface area contributed by atoms with E-state index in [0.29, 0.717) is 0 Å². The van der Waals surface area contributed by atoms with Crippen molar-refractivity contribution in [2.45, 2.75) is 32.7 Å². The van der Waals surface area contributed by atoms with Gasteiger partial charge < -0.3 is 15.2 Å². The number of guanidine groups is 1. The summed E-state index contributed by atoms with van der Waals surface area (Å²) in [7, 11) is 1.82. The van der Waals surface area contributed by atoms with Crippen LogP contribution in [0.15, 0.2) is 29.3 Å². The fraction of sp³-hybridized carbons (Fsp3) is 0.556. The van der Waals surface area contributed by atoms with E-state index in [2.05, 4.69) is 56.6 Å². The number of aliphatic imine (C=N–C) groups is 1. The highest BCUT2D eigenvalue weighted by Gasteiger charge is 2.06. The quantitative estimate of drug-likeness (QED) is 0.252. The number of hydrogen-bond donors (Lipinski definition) is 2. The van der Waals surface area contributed by atoms with Crippen molar-refractivity contribution >= 4 is 52.7 Å². The number of para-hydroxylation sites is 2. The first kappa shape index (κ1) is 22.1. The highest BCUT2D eigenvalue weighted by atomic mass is 127. The first-order chi connectivity index (χ1) is 11.8. The first-order valence-electron chi connectivity index (χ1n) is 8.61. The molecule has 7 heteroatoms. The predicted molar refractivity (Wildman–Crippen MR) is 121 cm³/mol. The number of nitrogens with one attached hydrogen (secondary N) is 2. The Bertz CT molecular complexity index is 656. The lowest BCUT2D eigenvalue weighted by atomic mass is 10.3. The van der Waals surface area contributed by atoms with Gasteiger partial charge in [-0.1, -0.05) is 12.1 Å². The molecule has 1 heterocycles. The van der Waals surface area contributed by atoms with E-state index in [1.165, 1.54) is 24.1 Å². The molecule has 0 radical (unpaired) electrons. The van der Waals surface area contributed by atoms with Gasteiger partial charge in [-0.05, 0) is 50.3 Å². The van der Waals surface area contributed by atoms with Gasteiger partial charge in [-0.3, -0.25) is 4.99 Å². The van der Waals surface area contributed by atoms with E-state index in [-0.39, 0.29) is 24.0 Å². The van der Waals surface area contributed by atoms with Crippen LogP contribution in [0.2, 0.25) is 0 Å². The molecule has 2 rings (SSSR count). The van der Waals surface area contributed by atoms with Crippen LogP contribution in [0.4, 0.5) is 0 Å². The minimum absolute atomic E-state index is 0. The van der Waals surface area contributed by atoms with E-state index in [1.807, 2.05) is 24.9 Å². The van der Waals surface area contributed by atoms with Gasteiger partial charge in [0.2, 0.25) is 0 Å². The molecule has 0 aliphatic rings. The summed E-state index contributed by atoms with van der Waals surface area (Å²) < 4.78 is 2.29. The molecule has 140 valence electrons. The molecule has 0 saturated carbocycles. The second-order valence-corrected chi connectivity index (χ2v) is 6.76. The summed E-state index contributed by atoms with van der Waals surface area (Å²) >= 11 is 1.90. The number of imidazole rings is 1. The zero-order chi connectivity index (χ0) is 17.2. The minimum Gasteiger partial charge on any atom is -0.356 e. The SMILES string of the molecule is CN=C(NCCCCSC)NCCCn1c(C)nc2ccccc21.I. The molecule has 2 N–H and O–H groups in total. The zero-order valence-corrected chi connectivity index (χ0v) is 18.6. The Labute approximate surface area is 172 Å². The van der Waals surface area contributed by atoms with E-state index in [0.717, 1.165) is 43.4 Å². The molecule has 0 amide bonds. The van der Waals surface area contributed by atoms with Gasteiger partial charge >= 0.3 is 0 Å². The van der Waals surface area contributed by atoms with Gasteiger partial charge in [0, 0.05) is 26.7 Å². The van der Waals surface area contributed by atoms with Gasteiger partial charge in [0.1, 0.15) is 5.82 Å². The van der Waals surface area contributed by atoms with Crippen LogP contribution in [-0.4, -0.2) is 47.7 Å². The van der Waals surface area contributed by atoms with Crippen LogP contribution >= 0.6 is 35.7 Å². The third kappa shape index (κ3) is 7.05. The van der Waals surface area contributed by atoms with Crippen molar-refractivity contribution in [1.82, 2.24) is 20.2 Å². The highest BCUT2D eigenvalue weighted by molar-refractivity contribution is 14.0. The molecule has 0 aliphatic heterocycles. The highest BCUT2D eigenvalue weighted by Crippen LogP contribution is 2.15. The lowest BCUT2D eigenvalue weighted by molar-refractivity contribution is 0.622. The molecule has 0 aliphatic carbocycles. The topological polar surface area (TPSA) is 54.2 Å². The maximum Gasteiger partial charge on any atom is 0.190 e. The smallest absolute Gasteiger partial charge is 0.190 e. The number of aryl methyl sites for hydroxylation is 2. The van der Waals surface area contributed by atoms with Gasteiger partial charge in [0.05, 0.1) is 11.0 Å². The van der Waals surface area contributed by atoms with E-state index in [9.17, 15) is 0 Å². The van der Waals surface area contributed by atoms with E-state index < -0.39 is 0 Å². The van der Waals surface area contributed by atoms with Crippen molar-refractivity contribution in [1.29, 1.82) is 0 Å². The Morgan fingerprint density at radius 2 is 1.88 bits per heavy atom. The summed E-state index contributed by atoms with van der Waals surface area (Å²) in [4.78, 5) is 8.89. The number of benzene rings is 1. The molecule has 0 atom stereocenters. The van der Waals surface area contributed by atoms with Crippen molar-refractivity contribution in [2.75, 3.05) is 32.1 Å². The monoisotopic (exact) mass is 475 g/mol. The Morgan fingerprint density at radius 3 is 2.60 bits per heavy atom. The van der Waals surface area contributed by atoms with Crippen LogP contribution in [0, 0.1) is 6.92 Å². The fourth-order valence-corrected chi connectivity index (χ4v) is 3.21. The van der Waals surface area contributed by atoms with Crippen molar-refractivity contribution in [3.8, 4) is 0 Å². The Morgan fingerprint density at radius 1 is 1.16 bits per heavy atom. The number of aromatic nitrogens is 2. The number of halogens is 1. The number of hydrogen-bond acceptors (Lipinski definition) is 3. The van der Waals surface area contributed by atoms with Gasteiger partial charge in [-0.2, -0.15) is 11.8 Å². The lowest BCUT2D eigenvalue weighted by Gasteiger charge is -2.12. The first-order valence-corrected chi connectivity index (χ1v) is 10.0. The van der Waals surface area contributed by atoms with Crippen molar-refractivity contribution in [2.24, 2.45) is 4.99 Å². The van der Waals surface area contributed by atoms with Crippen LogP contribution in [0.5, 0.6) is 0 Å². The summed E-state index contributed by atoms with van der Waals surface area (Å²) in [5, 5.41) is 6.76. The van der Waals surface area contributed by atoms with Crippen molar-refractivity contribution in [3.63, 3.8) is 0 Å². The summed E-state index contributed by atoms with van der Waals surface area (Å²) in [6.07, 6.45) is 5.62. The maximum atomic E-state index is 4.61. The summed E-state index contributed by atoms with van der Waals surface area (Å²) in [6.45, 7) is 4.91. The fourth-order valence-electron chi connectivity index (χ4n) is 2.72. The molecule has 5 nitrogen and oxygen atoms in total. The van der Waals surface area contributed by atoms with Gasteiger partial charge in [0.15, 0.2) is 5.96 Å². The second-order valence-electron chi connectivity index (χ2n) is 5.78. The number of rotatable bonds is 9. The molecular weight excluding hydrogens is 445 g/mol. The summed E-state index contributed by atoms with van der Waals surface area (Å²) in [5.74, 6) is 3.20. The lowest BCUT2D eigenvalue weighted by Crippen LogP contribution is -2.38. The van der Waals surface area contributed by atoms with Gasteiger partial charge in [-0.15, -0.1) is 24.0 Å². The Kier molecular flexibility index (Phi) is 11.0. The minimum atomic E-state index is 0. The molecule has 25 heavy (non-hydrogen) atoms. The number of nitrogens with zero attached hydrogens (tertiary/aromatic N) is 3. The molecule has 1 aromatic heterocycles. The molecule has 0 bridgehead atoms. The summed E-state index contributed by atoms with van der Waals surface area (Å²) in [5.41, 5.74) is 2.29. The largest absolute Gasteiger partial charge is 0.356 e. The third-order valence-corrected chi connectivity index (χ3v) is 4.68. The van der Waals surface area contributed by atoms with Gasteiger partial charge in [-0.25, -0.2) is 4.98 Å². The number of unbranched alkanes of at least 4 members (excludes halogenated alkanes) is 1. The Balaban J connectivity index is 0.00000312.